The van der Waals surface area contributed by atoms with Crippen LogP contribution in [-0.4, -0.2) is 18.9 Å². The third-order valence-corrected chi connectivity index (χ3v) is 2.31. The van der Waals surface area contributed by atoms with Crippen molar-refractivity contribution in [3.05, 3.63) is 29.3 Å². The fourth-order valence-electron chi connectivity index (χ4n) is 1.32. The Morgan fingerprint density at radius 2 is 2.00 bits per heavy atom. The minimum absolute atomic E-state index is 0.0634. The van der Waals surface area contributed by atoms with Gasteiger partial charge in [0.05, 0.1) is 5.69 Å². The normalized spacial score (nSPS) is 9.75. The molecule has 0 radical (unpaired) electrons. The van der Waals surface area contributed by atoms with Gasteiger partial charge in [-0.05, 0) is 25.5 Å². The van der Waals surface area contributed by atoms with Crippen molar-refractivity contribution in [2.75, 3.05) is 12.1 Å². The summed E-state index contributed by atoms with van der Waals surface area (Å²) in [6.07, 6.45) is 0. The second kappa shape index (κ2) is 4.76. The number of nitrogens with one attached hydrogen (secondary N) is 1. The number of Topliss-reactive ketones (excluding diaryl/α,β-unsaturated/α-hetero) is 1. The molecule has 1 rings (SSSR count). The number of anilines is 1. The van der Waals surface area contributed by atoms with Gasteiger partial charge < -0.3 is 5.32 Å². The highest BCUT2D eigenvalue weighted by atomic mass is 16.2. The molecule has 0 aliphatic heterocycles. The molecule has 0 saturated heterocycles. The Morgan fingerprint density at radius 3 is 2.50 bits per heavy atom. The van der Waals surface area contributed by atoms with E-state index in [2.05, 4.69) is 5.32 Å². The monoisotopic (exact) mass is 221 g/mol. The lowest BCUT2D eigenvalue weighted by molar-refractivity contribution is 0.101. The van der Waals surface area contributed by atoms with Gasteiger partial charge in [-0.3, -0.25) is 4.79 Å². The lowest BCUT2D eigenvalue weighted by Gasteiger charge is -2.18. The van der Waals surface area contributed by atoms with Gasteiger partial charge in [0.1, 0.15) is 0 Å². The first-order chi connectivity index (χ1) is 7.47. The van der Waals surface area contributed by atoms with Crippen LogP contribution in [0.2, 0.25) is 0 Å². The minimum atomic E-state index is -0.427. The average molecular weight is 221 g/mol. The zero-order valence-electron chi connectivity index (χ0n) is 9.57. The van der Waals surface area contributed by atoms with Crippen LogP contribution in [0.3, 0.4) is 0 Å². The molecule has 3 N–H and O–H groups in total. The van der Waals surface area contributed by atoms with Crippen molar-refractivity contribution >= 4 is 17.5 Å². The fourth-order valence-corrected chi connectivity index (χ4v) is 1.32. The standard InChI is InChI=1S/C11H15N3O2/c1-7-4-5-9(8(2)15)6-10(7)14(12)11(16)13-3/h4-6H,12H2,1-3H3,(H,13,16). The van der Waals surface area contributed by atoms with Gasteiger partial charge in [-0.1, -0.05) is 12.1 Å². The molecule has 1 aromatic carbocycles. The van der Waals surface area contributed by atoms with Crippen LogP contribution >= 0.6 is 0 Å². The van der Waals surface area contributed by atoms with Crippen LogP contribution in [0.4, 0.5) is 10.5 Å². The zero-order chi connectivity index (χ0) is 12.3. The number of rotatable bonds is 2. The molecule has 5 nitrogen and oxygen atoms in total. The van der Waals surface area contributed by atoms with Crippen molar-refractivity contribution in [2.24, 2.45) is 5.84 Å². The van der Waals surface area contributed by atoms with Crippen molar-refractivity contribution in [1.29, 1.82) is 0 Å². The van der Waals surface area contributed by atoms with E-state index in [1.54, 1.807) is 18.2 Å². The number of aryl methyl sites for hydroxylation is 1. The average Bonchev–Trinajstić information content (AvgIpc) is 2.27. The predicted molar refractivity (Wildman–Crippen MR) is 62.3 cm³/mol. The number of benzene rings is 1. The molecule has 0 saturated carbocycles. The highest BCUT2D eigenvalue weighted by molar-refractivity contribution is 5.97. The molecule has 0 atom stereocenters. The molecule has 86 valence electrons. The predicted octanol–water partition coefficient (Wildman–Crippen LogP) is 1.22. The number of hydrogen-bond acceptors (Lipinski definition) is 3. The van der Waals surface area contributed by atoms with Crippen molar-refractivity contribution in [3.8, 4) is 0 Å². The highest BCUT2D eigenvalue weighted by Gasteiger charge is 2.13. The Morgan fingerprint density at radius 1 is 1.38 bits per heavy atom. The van der Waals surface area contributed by atoms with Gasteiger partial charge in [0, 0.05) is 12.6 Å². The second-order valence-corrected chi connectivity index (χ2v) is 3.48. The fraction of sp³-hybridized carbons (Fsp3) is 0.273. The lowest BCUT2D eigenvalue weighted by Crippen LogP contribution is -2.43. The van der Waals surface area contributed by atoms with Gasteiger partial charge in [-0.2, -0.15) is 0 Å². The Labute approximate surface area is 94.2 Å². The van der Waals surface area contributed by atoms with E-state index in [0.717, 1.165) is 10.6 Å². The molecular formula is C11H15N3O2. The summed E-state index contributed by atoms with van der Waals surface area (Å²) in [6.45, 7) is 3.29. The number of amides is 2. The number of carbonyl (C=O) groups is 2. The molecule has 0 spiro atoms. The topological polar surface area (TPSA) is 75.4 Å². The van der Waals surface area contributed by atoms with E-state index in [1.807, 2.05) is 6.92 Å². The number of hydrazine groups is 1. The van der Waals surface area contributed by atoms with Gasteiger partial charge in [0.25, 0.3) is 0 Å². The van der Waals surface area contributed by atoms with Crippen molar-refractivity contribution in [3.63, 3.8) is 0 Å². The summed E-state index contributed by atoms with van der Waals surface area (Å²) in [6, 6.07) is 4.64. The molecule has 0 aliphatic rings. The first-order valence-corrected chi connectivity index (χ1v) is 4.85. The van der Waals surface area contributed by atoms with E-state index in [9.17, 15) is 9.59 Å². The van der Waals surface area contributed by atoms with E-state index in [1.165, 1.54) is 14.0 Å². The number of carbonyl (C=O) groups excluding carboxylic acids is 2. The van der Waals surface area contributed by atoms with E-state index < -0.39 is 6.03 Å². The number of nitrogens with zero attached hydrogens (tertiary/aromatic N) is 1. The van der Waals surface area contributed by atoms with Crippen molar-refractivity contribution in [2.45, 2.75) is 13.8 Å². The van der Waals surface area contributed by atoms with Crippen molar-refractivity contribution < 1.29 is 9.59 Å². The summed E-state index contributed by atoms with van der Waals surface area (Å²) < 4.78 is 0. The molecule has 5 heteroatoms. The van der Waals surface area contributed by atoms with E-state index in [0.29, 0.717) is 11.3 Å². The Bertz CT molecular complexity index is 429. The number of urea groups is 1. The number of hydrogen-bond donors (Lipinski definition) is 2. The van der Waals surface area contributed by atoms with E-state index in [-0.39, 0.29) is 5.78 Å². The molecule has 16 heavy (non-hydrogen) atoms. The molecule has 0 unspecified atom stereocenters. The Hall–Kier alpha value is -1.88. The summed E-state index contributed by atoms with van der Waals surface area (Å²) in [5, 5.41) is 3.40. The van der Waals surface area contributed by atoms with Gasteiger partial charge >= 0.3 is 6.03 Å². The van der Waals surface area contributed by atoms with E-state index >= 15 is 0 Å². The lowest BCUT2D eigenvalue weighted by atomic mass is 10.1. The summed E-state index contributed by atoms with van der Waals surface area (Å²) in [7, 11) is 1.49. The van der Waals surface area contributed by atoms with Gasteiger partial charge in [-0.25, -0.2) is 15.6 Å². The highest BCUT2D eigenvalue weighted by Crippen LogP contribution is 2.19. The van der Waals surface area contributed by atoms with Crippen LogP contribution in [0.1, 0.15) is 22.8 Å². The molecule has 2 amide bonds. The zero-order valence-corrected chi connectivity index (χ0v) is 9.57. The van der Waals surface area contributed by atoms with Crippen LogP contribution in [0.5, 0.6) is 0 Å². The maximum absolute atomic E-state index is 11.4. The molecule has 1 aromatic rings. The first kappa shape index (κ1) is 12.2. The third kappa shape index (κ3) is 2.38. The van der Waals surface area contributed by atoms with E-state index in [4.69, 9.17) is 5.84 Å². The summed E-state index contributed by atoms with van der Waals surface area (Å²) in [5.41, 5.74) is 1.88. The quantitative estimate of drug-likeness (QED) is 0.341. The molecule has 0 heterocycles. The first-order valence-electron chi connectivity index (χ1n) is 4.85. The van der Waals surface area contributed by atoms with Crippen LogP contribution in [0.25, 0.3) is 0 Å². The maximum atomic E-state index is 11.4. The largest absolute Gasteiger partial charge is 0.340 e. The molecule has 0 bridgehead atoms. The Kier molecular flexibility index (Phi) is 3.63. The second-order valence-electron chi connectivity index (χ2n) is 3.48. The van der Waals surface area contributed by atoms with Crippen LogP contribution in [-0.2, 0) is 0 Å². The van der Waals surface area contributed by atoms with Crippen molar-refractivity contribution in [1.82, 2.24) is 5.32 Å². The summed E-state index contributed by atoms with van der Waals surface area (Å²) in [5.74, 6) is 5.57. The minimum Gasteiger partial charge on any atom is -0.340 e. The molecule has 0 fully saturated rings. The van der Waals surface area contributed by atoms with Crippen LogP contribution in [0, 0.1) is 6.92 Å². The SMILES string of the molecule is CNC(=O)N(N)c1cc(C(C)=O)ccc1C. The van der Waals surface area contributed by atoms with Crippen LogP contribution in [0.15, 0.2) is 18.2 Å². The van der Waals surface area contributed by atoms with Crippen LogP contribution < -0.4 is 16.2 Å². The smallest absolute Gasteiger partial charge is 0.336 e. The molecular weight excluding hydrogens is 206 g/mol. The molecule has 0 aromatic heterocycles. The summed E-state index contributed by atoms with van der Waals surface area (Å²) >= 11 is 0. The van der Waals surface area contributed by atoms with Gasteiger partial charge in [0.15, 0.2) is 5.78 Å². The third-order valence-electron chi connectivity index (χ3n) is 2.31. The molecule has 0 aliphatic carbocycles. The number of nitrogens with two attached hydrogens (primary N) is 1. The Balaban J connectivity index is 3.16. The number of ketones is 1. The summed E-state index contributed by atoms with van der Waals surface area (Å²) in [4.78, 5) is 22.6. The maximum Gasteiger partial charge on any atom is 0.336 e. The van der Waals surface area contributed by atoms with Gasteiger partial charge in [-0.15, -0.1) is 0 Å². The van der Waals surface area contributed by atoms with Gasteiger partial charge in [0.2, 0.25) is 0 Å².